The van der Waals surface area contributed by atoms with Crippen LogP contribution in [0.5, 0.6) is 0 Å². The van der Waals surface area contributed by atoms with Gasteiger partial charge in [-0.1, -0.05) is 19.1 Å². The van der Waals surface area contributed by atoms with E-state index in [0.29, 0.717) is 5.69 Å². The van der Waals surface area contributed by atoms with Crippen molar-refractivity contribution in [2.45, 2.75) is 13.3 Å². The normalized spacial score (nSPS) is 11.2. The van der Waals surface area contributed by atoms with Crippen LogP contribution < -0.4 is 9.86 Å². The highest BCUT2D eigenvalue weighted by Crippen LogP contribution is 2.10. The van der Waals surface area contributed by atoms with Crippen LogP contribution in [0.3, 0.4) is 0 Å². The van der Waals surface area contributed by atoms with Crippen LogP contribution in [0.4, 0.5) is 5.69 Å². The number of nitrogens with two attached hydrogens (primary N) is 1. The van der Waals surface area contributed by atoms with Crippen LogP contribution in [0.25, 0.3) is 0 Å². The highest BCUT2D eigenvalue weighted by molar-refractivity contribution is 7.90. The van der Waals surface area contributed by atoms with Crippen LogP contribution in [0.1, 0.15) is 12.5 Å². The molecular formula is C8H12N2O2S. The van der Waals surface area contributed by atoms with E-state index in [1.165, 1.54) is 0 Å². The van der Waals surface area contributed by atoms with E-state index in [2.05, 4.69) is 4.72 Å². The van der Waals surface area contributed by atoms with Crippen molar-refractivity contribution in [3.63, 3.8) is 0 Å². The zero-order chi connectivity index (χ0) is 9.90. The highest BCUT2D eigenvalue weighted by atomic mass is 32.2. The Balaban J connectivity index is 2.81. The number of hydrogen-bond acceptors (Lipinski definition) is 2. The van der Waals surface area contributed by atoms with Crippen molar-refractivity contribution in [3.8, 4) is 0 Å². The van der Waals surface area contributed by atoms with Crippen LogP contribution in [0, 0.1) is 0 Å². The van der Waals surface area contributed by atoms with Gasteiger partial charge in [-0.25, -0.2) is 5.14 Å². The number of nitrogens with one attached hydrogen (secondary N) is 1. The summed E-state index contributed by atoms with van der Waals surface area (Å²) in [4.78, 5) is 0. The van der Waals surface area contributed by atoms with Gasteiger partial charge in [0.2, 0.25) is 0 Å². The van der Waals surface area contributed by atoms with Crippen LogP contribution >= 0.6 is 0 Å². The van der Waals surface area contributed by atoms with E-state index in [1.54, 1.807) is 12.1 Å². The number of aryl methyl sites for hydroxylation is 1. The predicted octanol–water partition coefficient (Wildman–Crippen LogP) is 0.864. The van der Waals surface area contributed by atoms with Gasteiger partial charge in [0.1, 0.15) is 0 Å². The minimum atomic E-state index is -3.65. The molecule has 0 unspecified atom stereocenters. The van der Waals surface area contributed by atoms with E-state index < -0.39 is 10.2 Å². The summed E-state index contributed by atoms with van der Waals surface area (Å²) < 4.78 is 23.4. The fourth-order valence-electron chi connectivity index (χ4n) is 0.973. The topological polar surface area (TPSA) is 72.2 Å². The second-order valence-corrected chi connectivity index (χ2v) is 3.99. The Labute approximate surface area is 77.9 Å². The van der Waals surface area contributed by atoms with Crippen LogP contribution in [0.2, 0.25) is 0 Å². The monoisotopic (exact) mass is 200 g/mol. The van der Waals surface area contributed by atoms with Crippen LogP contribution in [-0.2, 0) is 16.6 Å². The molecule has 3 N–H and O–H groups in total. The van der Waals surface area contributed by atoms with Crippen molar-refractivity contribution >= 4 is 15.9 Å². The van der Waals surface area contributed by atoms with Crippen molar-refractivity contribution in [1.29, 1.82) is 0 Å². The summed E-state index contributed by atoms with van der Waals surface area (Å²) in [5.74, 6) is 0. The van der Waals surface area contributed by atoms with Gasteiger partial charge < -0.3 is 0 Å². The number of rotatable bonds is 3. The van der Waals surface area contributed by atoms with E-state index in [9.17, 15) is 8.42 Å². The largest absolute Gasteiger partial charge is 0.296 e. The quantitative estimate of drug-likeness (QED) is 0.759. The Bertz CT molecular complexity index is 370. The van der Waals surface area contributed by atoms with Gasteiger partial charge in [-0.3, -0.25) is 4.72 Å². The molecule has 0 saturated heterocycles. The Morgan fingerprint density at radius 2 is 1.85 bits per heavy atom. The Morgan fingerprint density at radius 1 is 1.31 bits per heavy atom. The molecule has 0 saturated carbocycles. The van der Waals surface area contributed by atoms with Gasteiger partial charge >= 0.3 is 0 Å². The molecule has 0 radical (unpaired) electrons. The van der Waals surface area contributed by atoms with E-state index in [4.69, 9.17) is 5.14 Å². The Morgan fingerprint density at radius 3 is 2.23 bits per heavy atom. The smallest absolute Gasteiger partial charge is 0.271 e. The van der Waals surface area contributed by atoms with Gasteiger partial charge in [-0.2, -0.15) is 8.42 Å². The lowest BCUT2D eigenvalue weighted by Gasteiger charge is -2.03. The second kappa shape index (κ2) is 3.76. The Hall–Kier alpha value is -1.07. The van der Waals surface area contributed by atoms with Crippen molar-refractivity contribution < 1.29 is 8.42 Å². The van der Waals surface area contributed by atoms with Crippen molar-refractivity contribution in [2.75, 3.05) is 4.72 Å². The van der Waals surface area contributed by atoms with Gasteiger partial charge in [0, 0.05) is 5.69 Å². The van der Waals surface area contributed by atoms with Crippen LogP contribution in [0.15, 0.2) is 24.3 Å². The first-order valence-corrected chi connectivity index (χ1v) is 5.45. The lowest BCUT2D eigenvalue weighted by atomic mass is 10.2. The summed E-state index contributed by atoms with van der Waals surface area (Å²) in [5, 5.41) is 4.80. The molecule has 5 heteroatoms. The maximum absolute atomic E-state index is 10.6. The minimum Gasteiger partial charge on any atom is -0.271 e. The molecule has 72 valence electrons. The predicted molar refractivity (Wildman–Crippen MR) is 52.5 cm³/mol. The average molecular weight is 200 g/mol. The third-order valence-corrected chi connectivity index (χ3v) is 2.14. The molecular weight excluding hydrogens is 188 g/mol. The van der Waals surface area contributed by atoms with Gasteiger partial charge in [0.25, 0.3) is 10.2 Å². The summed E-state index contributed by atoms with van der Waals surface area (Å²) >= 11 is 0. The van der Waals surface area contributed by atoms with E-state index in [1.807, 2.05) is 19.1 Å². The van der Waals surface area contributed by atoms with Gasteiger partial charge in [-0.05, 0) is 24.1 Å². The number of anilines is 1. The maximum Gasteiger partial charge on any atom is 0.296 e. The first-order valence-electron chi connectivity index (χ1n) is 3.91. The second-order valence-electron chi connectivity index (χ2n) is 2.70. The molecule has 0 bridgehead atoms. The molecule has 0 aromatic heterocycles. The zero-order valence-corrected chi connectivity index (χ0v) is 8.14. The number of hydrogen-bond donors (Lipinski definition) is 2. The molecule has 0 aliphatic heterocycles. The molecule has 0 amide bonds. The molecule has 1 aromatic carbocycles. The molecule has 13 heavy (non-hydrogen) atoms. The van der Waals surface area contributed by atoms with Crippen molar-refractivity contribution in [2.24, 2.45) is 5.14 Å². The average Bonchev–Trinajstić information content (AvgIpc) is 2.03. The maximum atomic E-state index is 10.6. The molecule has 0 aliphatic rings. The van der Waals surface area contributed by atoms with E-state index in [0.717, 1.165) is 12.0 Å². The number of benzene rings is 1. The van der Waals surface area contributed by atoms with Crippen molar-refractivity contribution in [3.05, 3.63) is 29.8 Å². The lowest BCUT2D eigenvalue weighted by molar-refractivity contribution is 0.603. The summed E-state index contributed by atoms with van der Waals surface area (Å²) in [6.07, 6.45) is 0.926. The van der Waals surface area contributed by atoms with Gasteiger partial charge in [-0.15, -0.1) is 0 Å². The molecule has 0 spiro atoms. The Kier molecular flexibility index (Phi) is 2.90. The summed E-state index contributed by atoms with van der Waals surface area (Å²) in [6, 6.07) is 7.08. The summed E-state index contributed by atoms with van der Waals surface area (Å²) in [6.45, 7) is 2.03. The zero-order valence-electron chi connectivity index (χ0n) is 7.32. The fraction of sp³-hybridized carbons (Fsp3) is 0.250. The van der Waals surface area contributed by atoms with E-state index >= 15 is 0 Å². The molecule has 0 aliphatic carbocycles. The first kappa shape index (κ1) is 10.0. The SMILES string of the molecule is CCc1ccc(NS(N)(=O)=O)cc1. The summed E-state index contributed by atoms with van der Waals surface area (Å²) in [7, 11) is -3.65. The molecule has 4 nitrogen and oxygen atoms in total. The first-order chi connectivity index (χ1) is 6.01. The molecule has 0 atom stereocenters. The van der Waals surface area contributed by atoms with E-state index in [-0.39, 0.29) is 0 Å². The van der Waals surface area contributed by atoms with Crippen LogP contribution in [-0.4, -0.2) is 8.42 Å². The van der Waals surface area contributed by atoms with Crippen molar-refractivity contribution in [1.82, 2.24) is 0 Å². The lowest BCUT2D eigenvalue weighted by Crippen LogP contribution is -2.21. The summed E-state index contributed by atoms with van der Waals surface area (Å²) in [5.41, 5.74) is 1.64. The molecule has 0 heterocycles. The third kappa shape index (κ3) is 3.43. The third-order valence-electron chi connectivity index (χ3n) is 1.62. The van der Waals surface area contributed by atoms with Gasteiger partial charge in [0.05, 0.1) is 0 Å². The minimum absolute atomic E-state index is 0.486. The highest BCUT2D eigenvalue weighted by Gasteiger charge is 2.00. The standard InChI is InChI=1S/C8H12N2O2S/c1-2-7-3-5-8(6-4-7)10-13(9,11)12/h3-6,10H,2H2,1H3,(H2,9,11,12). The van der Waals surface area contributed by atoms with Gasteiger partial charge in [0.15, 0.2) is 0 Å². The fourth-order valence-corrected chi connectivity index (χ4v) is 1.44. The molecule has 1 aromatic rings. The molecule has 1 rings (SSSR count). The molecule has 0 fully saturated rings.